The molecule has 0 atom stereocenters. The van der Waals surface area contributed by atoms with E-state index in [1.807, 2.05) is 0 Å². The maximum absolute atomic E-state index is 5.93. The van der Waals surface area contributed by atoms with Gasteiger partial charge in [0.1, 0.15) is 0 Å². The van der Waals surface area contributed by atoms with Gasteiger partial charge in [-0.1, -0.05) is 32.1 Å². The molecular formula is C11H22N2. The first-order valence-corrected chi connectivity index (χ1v) is 5.64. The number of hydrogen-bond donors (Lipinski definition) is 1. The number of nitrogens with two attached hydrogens (primary N) is 1. The lowest BCUT2D eigenvalue weighted by Gasteiger charge is -2.18. The van der Waals surface area contributed by atoms with Gasteiger partial charge in [0.15, 0.2) is 0 Å². The second kappa shape index (κ2) is 6.01. The maximum Gasteiger partial charge on any atom is 0.0968 e. The second-order valence-corrected chi connectivity index (χ2v) is 3.94. The van der Waals surface area contributed by atoms with Crippen LogP contribution in [0.4, 0.5) is 0 Å². The predicted octanol–water partition coefficient (Wildman–Crippen LogP) is 2.72. The van der Waals surface area contributed by atoms with Crippen LogP contribution in [0.2, 0.25) is 0 Å². The molecule has 1 aliphatic carbocycles. The minimum atomic E-state index is 0.584. The Morgan fingerprint density at radius 1 is 1.15 bits per heavy atom. The van der Waals surface area contributed by atoms with E-state index in [-0.39, 0.29) is 0 Å². The highest BCUT2D eigenvalue weighted by molar-refractivity contribution is 5.82. The quantitative estimate of drug-likeness (QED) is 0.517. The van der Waals surface area contributed by atoms with Crippen LogP contribution >= 0.6 is 0 Å². The zero-order valence-corrected chi connectivity index (χ0v) is 8.76. The summed E-state index contributed by atoms with van der Waals surface area (Å²) < 4.78 is 0. The summed E-state index contributed by atoms with van der Waals surface area (Å²) in [6.45, 7) is 2.89. The first kappa shape index (κ1) is 10.6. The number of nitrogens with zero attached hydrogens (tertiary/aromatic N) is 1. The van der Waals surface area contributed by atoms with Gasteiger partial charge >= 0.3 is 0 Å². The van der Waals surface area contributed by atoms with E-state index in [1.165, 1.54) is 44.9 Å². The molecule has 0 radical (unpaired) electrons. The Morgan fingerprint density at radius 3 is 2.23 bits per heavy atom. The van der Waals surface area contributed by atoms with Gasteiger partial charge in [0.2, 0.25) is 0 Å². The van der Waals surface area contributed by atoms with Crippen LogP contribution in [0.15, 0.2) is 4.99 Å². The Bertz CT molecular complexity index is 155. The molecule has 0 aromatic carbocycles. The summed E-state index contributed by atoms with van der Waals surface area (Å²) in [6.07, 6.45) is 9.38. The predicted molar refractivity (Wildman–Crippen MR) is 58.0 cm³/mol. The largest absolute Gasteiger partial charge is 0.387 e. The summed E-state index contributed by atoms with van der Waals surface area (Å²) in [5.41, 5.74) is 5.93. The molecule has 2 nitrogen and oxygen atoms in total. The van der Waals surface area contributed by atoms with Crippen LogP contribution in [0.3, 0.4) is 0 Å². The number of hydrogen-bond acceptors (Lipinski definition) is 1. The van der Waals surface area contributed by atoms with Gasteiger partial charge in [-0.2, -0.15) is 0 Å². The standard InChI is InChI=1S/C11H22N2/c1-2-13-11(12)10-8-6-4-3-5-7-9-10/h10H,2-9H2,1H3,(H2,12,13). The van der Waals surface area contributed by atoms with E-state index in [2.05, 4.69) is 11.9 Å². The van der Waals surface area contributed by atoms with E-state index in [1.54, 1.807) is 0 Å². The average molecular weight is 182 g/mol. The lowest BCUT2D eigenvalue weighted by atomic mass is 9.90. The summed E-state index contributed by atoms with van der Waals surface area (Å²) in [6, 6.07) is 0. The molecule has 2 heteroatoms. The molecule has 0 aromatic rings. The fraction of sp³-hybridized carbons (Fsp3) is 0.909. The second-order valence-electron chi connectivity index (χ2n) is 3.94. The molecule has 0 saturated heterocycles. The van der Waals surface area contributed by atoms with E-state index >= 15 is 0 Å². The van der Waals surface area contributed by atoms with Crippen LogP contribution in [-0.2, 0) is 0 Å². The molecule has 0 bridgehead atoms. The average Bonchev–Trinajstić information content (AvgIpc) is 2.03. The van der Waals surface area contributed by atoms with Gasteiger partial charge in [0.25, 0.3) is 0 Å². The molecule has 0 spiro atoms. The lowest BCUT2D eigenvalue weighted by molar-refractivity contribution is 0.450. The Kier molecular flexibility index (Phi) is 4.87. The summed E-state index contributed by atoms with van der Waals surface area (Å²) in [4.78, 5) is 4.31. The van der Waals surface area contributed by atoms with Crippen molar-refractivity contribution in [2.75, 3.05) is 6.54 Å². The Morgan fingerprint density at radius 2 is 1.69 bits per heavy atom. The summed E-state index contributed by atoms with van der Waals surface area (Å²) in [5.74, 6) is 1.49. The van der Waals surface area contributed by atoms with Crippen LogP contribution in [0.1, 0.15) is 51.9 Å². The fourth-order valence-corrected chi connectivity index (χ4v) is 2.06. The van der Waals surface area contributed by atoms with E-state index in [0.29, 0.717) is 5.92 Å². The molecular weight excluding hydrogens is 160 g/mol. The number of aliphatic imine (C=N–C) groups is 1. The summed E-state index contributed by atoms with van der Waals surface area (Å²) in [7, 11) is 0. The van der Waals surface area contributed by atoms with Gasteiger partial charge < -0.3 is 5.73 Å². The third-order valence-corrected chi connectivity index (χ3v) is 2.86. The number of amidine groups is 1. The van der Waals surface area contributed by atoms with Crippen molar-refractivity contribution in [3.8, 4) is 0 Å². The van der Waals surface area contributed by atoms with E-state index in [0.717, 1.165) is 12.4 Å². The third kappa shape index (κ3) is 3.79. The molecule has 0 amide bonds. The monoisotopic (exact) mass is 182 g/mol. The topological polar surface area (TPSA) is 38.4 Å². The Balaban J connectivity index is 2.40. The van der Waals surface area contributed by atoms with Crippen molar-refractivity contribution in [1.29, 1.82) is 0 Å². The van der Waals surface area contributed by atoms with Gasteiger partial charge in [-0.15, -0.1) is 0 Å². The van der Waals surface area contributed by atoms with Gasteiger partial charge in [0, 0.05) is 12.5 Å². The lowest BCUT2D eigenvalue weighted by Crippen LogP contribution is -2.24. The van der Waals surface area contributed by atoms with Crippen LogP contribution in [0, 0.1) is 5.92 Å². The minimum Gasteiger partial charge on any atom is -0.387 e. The Labute approximate surface area is 81.6 Å². The fourth-order valence-electron chi connectivity index (χ4n) is 2.06. The van der Waals surface area contributed by atoms with Gasteiger partial charge in [-0.05, 0) is 19.8 Å². The van der Waals surface area contributed by atoms with Crippen LogP contribution in [0.5, 0.6) is 0 Å². The van der Waals surface area contributed by atoms with E-state index in [4.69, 9.17) is 5.73 Å². The molecule has 2 N–H and O–H groups in total. The molecule has 76 valence electrons. The van der Waals surface area contributed by atoms with Crippen molar-refractivity contribution in [1.82, 2.24) is 0 Å². The highest BCUT2D eigenvalue weighted by Crippen LogP contribution is 2.22. The van der Waals surface area contributed by atoms with E-state index < -0.39 is 0 Å². The number of rotatable bonds is 2. The molecule has 0 heterocycles. The van der Waals surface area contributed by atoms with Crippen LogP contribution in [-0.4, -0.2) is 12.4 Å². The zero-order valence-electron chi connectivity index (χ0n) is 8.76. The first-order chi connectivity index (χ1) is 6.34. The van der Waals surface area contributed by atoms with Gasteiger partial charge in [0.05, 0.1) is 5.84 Å². The van der Waals surface area contributed by atoms with Crippen molar-refractivity contribution < 1.29 is 0 Å². The van der Waals surface area contributed by atoms with Crippen LogP contribution < -0.4 is 5.73 Å². The van der Waals surface area contributed by atoms with Gasteiger partial charge in [-0.3, -0.25) is 4.99 Å². The smallest absolute Gasteiger partial charge is 0.0968 e. The zero-order chi connectivity index (χ0) is 9.52. The highest BCUT2D eigenvalue weighted by Gasteiger charge is 2.14. The maximum atomic E-state index is 5.93. The molecule has 0 aromatic heterocycles. The van der Waals surface area contributed by atoms with Crippen molar-refractivity contribution in [3.63, 3.8) is 0 Å². The molecule has 0 aliphatic heterocycles. The molecule has 0 unspecified atom stereocenters. The first-order valence-electron chi connectivity index (χ1n) is 5.64. The Hall–Kier alpha value is -0.530. The summed E-state index contributed by atoms with van der Waals surface area (Å²) >= 11 is 0. The van der Waals surface area contributed by atoms with E-state index in [9.17, 15) is 0 Å². The third-order valence-electron chi connectivity index (χ3n) is 2.86. The minimum absolute atomic E-state index is 0.584. The van der Waals surface area contributed by atoms with Crippen molar-refractivity contribution >= 4 is 5.84 Å². The summed E-state index contributed by atoms with van der Waals surface area (Å²) in [5, 5.41) is 0. The molecule has 1 saturated carbocycles. The van der Waals surface area contributed by atoms with Crippen molar-refractivity contribution in [2.24, 2.45) is 16.6 Å². The van der Waals surface area contributed by atoms with Crippen molar-refractivity contribution in [3.05, 3.63) is 0 Å². The normalized spacial score (nSPS) is 22.4. The molecule has 1 rings (SSSR count). The molecule has 1 fully saturated rings. The highest BCUT2D eigenvalue weighted by atomic mass is 14.8. The van der Waals surface area contributed by atoms with Crippen LogP contribution in [0.25, 0.3) is 0 Å². The SMILES string of the molecule is CCN=C(N)C1CCCCCCC1. The molecule has 13 heavy (non-hydrogen) atoms. The molecule has 1 aliphatic rings. The van der Waals surface area contributed by atoms with Gasteiger partial charge in [-0.25, -0.2) is 0 Å². The van der Waals surface area contributed by atoms with Crippen molar-refractivity contribution in [2.45, 2.75) is 51.9 Å².